The van der Waals surface area contributed by atoms with Crippen molar-refractivity contribution >= 4 is 17.9 Å². The highest BCUT2D eigenvalue weighted by atomic mass is 16.5. The highest BCUT2D eigenvalue weighted by Crippen LogP contribution is 2.07. The van der Waals surface area contributed by atoms with Crippen molar-refractivity contribution in [1.82, 2.24) is 10.2 Å². The van der Waals surface area contributed by atoms with E-state index in [4.69, 9.17) is 4.74 Å². The molecule has 0 heterocycles. The number of ether oxygens (including phenoxy) is 1. The van der Waals surface area contributed by atoms with Gasteiger partial charge in [0, 0.05) is 39.4 Å². The first-order chi connectivity index (χ1) is 9.54. The Bertz CT molecular complexity index is 478. The summed E-state index contributed by atoms with van der Waals surface area (Å²) in [5, 5.41) is 2.69. The van der Waals surface area contributed by atoms with Gasteiger partial charge in [0.15, 0.2) is 0 Å². The molecule has 0 aliphatic heterocycles. The van der Waals surface area contributed by atoms with Gasteiger partial charge in [0.05, 0.1) is 6.61 Å². The van der Waals surface area contributed by atoms with E-state index in [0.29, 0.717) is 18.7 Å². The molecular formula is C15H20N2O3. The topological polar surface area (TPSA) is 58.6 Å². The van der Waals surface area contributed by atoms with Crippen molar-refractivity contribution in [3.8, 4) is 0 Å². The maximum Gasteiger partial charge on any atom is 0.253 e. The molecule has 5 nitrogen and oxygen atoms in total. The predicted octanol–water partition coefficient (Wildman–Crippen LogP) is 1.16. The van der Waals surface area contributed by atoms with E-state index in [2.05, 4.69) is 5.32 Å². The number of hydrogen-bond donors (Lipinski definition) is 1. The second-order valence-electron chi connectivity index (χ2n) is 4.44. The van der Waals surface area contributed by atoms with Crippen molar-refractivity contribution < 1.29 is 14.3 Å². The van der Waals surface area contributed by atoms with E-state index in [0.717, 1.165) is 5.56 Å². The number of benzene rings is 1. The molecule has 0 aliphatic carbocycles. The molecule has 0 radical (unpaired) electrons. The van der Waals surface area contributed by atoms with E-state index in [1.54, 1.807) is 51.5 Å². The molecule has 0 atom stereocenters. The van der Waals surface area contributed by atoms with Crippen LogP contribution in [0.5, 0.6) is 0 Å². The third-order valence-electron chi connectivity index (χ3n) is 2.60. The molecule has 0 saturated carbocycles. The molecule has 0 spiro atoms. The van der Waals surface area contributed by atoms with E-state index in [9.17, 15) is 9.59 Å². The van der Waals surface area contributed by atoms with Gasteiger partial charge in [-0.15, -0.1) is 0 Å². The molecular weight excluding hydrogens is 256 g/mol. The van der Waals surface area contributed by atoms with E-state index >= 15 is 0 Å². The van der Waals surface area contributed by atoms with Crippen molar-refractivity contribution in [3.05, 3.63) is 41.5 Å². The minimum absolute atomic E-state index is 0.0437. The Kier molecular flexibility index (Phi) is 6.46. The zero-order valence-corrected chi connectivity index (χ0v) is 12.1. The Hall–Kier alpha value is -2.14. The van der Waals surface area contributed by atoms with E-state index < -0.39 is 0 Å². The number of carbonyl (C=O) groups is 2. The molecule has 0 saturated heterocycles. The lowest BCUT2D eigenvalue weighted by molar-refractivity contribution is -0.116. The number of carbonyl (C=O) groups excluding carboxylic acids is 2. The smallest absolute Gasteiger partial charge is 0.253 e. The summed E-state index contributed by atoms with van der Waals surface area (Å²) in [7, 11) is 5.00. The Labute approximate surface area is 119 Å². The van der Waals surface area contributed by atoms with Gasteiger partial charge >= 0.3 is 0 Å². The molecule has 1 aromatic rings. The monoisotopic (exact) mass is 276 g/mol. The first-order valence-electron chi connectivity index (χ1n) is 6.31. The largest absolute Gasteiger partial charge is 0.383 e. The second-order valence-corrected chi connectivity index (χ2v) is 4.44. The highest BCUT2D eigenvalue weighted by Gasteiger charge is 2.06. The van der Waals surface area contributed by atoms with Crippen molar-refractivity contribution in [3.63, 3.8) is 0 Å². The minimum atomic E-state index is -0.171. The molecule has 20 heavy (non-hydrogen) atoms. The Morgan fingerprint density at radius 1 is 1.25 bits per heavy atom. The molecule has 1 rings (SSSR count). The molecule has 2 amide bonds. The maximum absolute atomic E-state index is 11.7. The molecule has 0 bridgehead atoms. The molecule has 0 aromatic heterocycles. The fourth-order valence-electron chi connectivity index (χ4n) is 1.50. The van der Waals surface area contributed by atoms with Gasteiger partial charge in [-0.3, -0.25) is 9.59 Å². The summed E-state index contributed by atoms with van der Waals surface area (Å²) in [5.41, 5.74) is 1.49. The van der Waals surface area contributed by atoms with Crippen LogP contribution in [-0.2, 0) is 9.53 Å². The van der Waals surface area contributed by atoms with Crippen molar-refractivity contribution in [2.24, 2.45) is 0 Å². The van der Waals surface area contributed by atoms with Crippen LogP contribution in [0, 0.1) is 0 Å². The van der Waals surface area contributed by atoms with Gasteiger partial charge in [-0.25, -0.2) is 0 Å². The minimum Gasteiger partial charge on any atom is -0.383 e. The maximum atomic E-state index is 11.7. The van der Waals surface area contributed by atoms with Crippen LogP contribution in [0.4, 0.5) is 0 Å². The zero-order valence-electron chi connectivity index (χ0n) is 12.1. The highest BCUT2D eigenvalue weighted by molar-refractivity contribution is 5.94. The lowest BCUT2D eigenvalue weighted by Gasteiger charge is -2.09. The van der Waals surface area contributed by atoms with Gasteiger partial charge in [0.25, 0.3) is 5.91 Å². The molecule has 1 aromatic carbocycles. The van der Waals surface area contributed by atoms with Gasteiger partial charge in [-0.1, -0.05) is 12.1 Å². The number of nitrogens with one attached hydrogen (secondary N) is 1. The summed E-state index contributed by atoms with van der Waals surface area (Å²) < 4.78 is 4.84. The van der Waals surface area contributed by atoms with E-state index in [1.807, 2.05) is 0 Å². The summed E-state index contributed by atoms with van der Waals surface area (Å²) in [4.78, 5) is 24.7. The molecule has 1 N–H and O–H groups in total. The SMILES string of the molecule is COCCNC(=O)/C=C/c1ccc(C(=O)N(C)C)cc1. The van der Waals surface area contributed by atoms with Gasteiger partial charge in [-0.2, -0.15) is 0 Å². The van der Waals surface area contributed by atoms with Crippen molar-refractivity contribution in [1.29, 1.82) is 0 Å². The molecule has 0 aliphatic rings. The van der Waals surface area contributed by atoms with Crippen LogP contribution >= 0.6 is 0 Å². The number of hydrogen-bond acceptors (Lipinski definition) is 3. The number of amides is 2. The van der Waals surface area contributed by atoms with Crippen molar-refractivity contribution in [2.75, 3.05) is 34.4 Å². The van der Waals surface area contributed by atoms with Gasteiger partial charge in [-0.05, 0) is 23.8 Å². The van der Waals surface area contributed by atoms with Gasteiger partial charge in [0.1, 0.15) is 0 Å². The third kappa shape index (κ3) is 5.24. The lowest BCUT2D eigenvalue weighted by atomic mass is 10.1. The first kappa shape index (κ1) is 15.9. The fourth-order valence-corrected chi connectivity index (χ4v) is 1.50. The fraction of sp³-hybridized carbons (Fsp3) is 0.333. The van der Waals surface area contributed by atoms with E-state index in [-0.39, 0.29) is 11.8 Å². The standard InChI is InChI=1S/C15H20N2O3/c1-17(2)15(19)13-7-4-12(5-8-13)6-9-14(18)16-10-11-20-3/h4-9H,10-11H2,1-3H3,(H,16,18)/b9-6+. The average molecular weight is 276 g/mol. The van der Waals surface area contributed by atoms with Crippen LogP contribution in [-0.4, -0.2) is 51.1 Å². The predicted molar refractivity (Wildman–Crippen MR) is 78.4 cm³/mol. The van der Waals surface area contributed by atoms with Crippen LogP contribution < -0.4 is 5.32 Å². The summed E-state index contributed by atoms with van der Waals surface area (Å²) in [5.74, 6) is -0.215. The normalized spacial score (nSPS) is 10.6. The van der Waals surface area contributed by atoms with Crippen LogP contribution in [0.15, 0.2) is 30.3 Å². The zero-order chi connectivity index (χ0) is 15.0. The quantitative estimate of drug-likeness (QED) is 0.626. The Morgan fingerprint density at radius 2 is 1.90 bits per heavy atom. The summed E-state index contributed by atoms with van der Waals surface area (Å²) in [6, 6.07) is 7.08. The lowest BCUT2D eigenvalue weighted by Crippen LogP contribution is -2.24. The molecule has 0 unspecified atom stereocenters. The van der Waals surface area contributed by atoms with Crippen LogP contribution in [0.25, 0.3) is 6.08 Å². The first-order valence-corrected chi connectivity index (χ1v) is 6.31. The average Bonchev–Trinajstić information content (AvgIpc) is 2.45. The molecule has 108 valence electrons. The Balaban J connectivity index is 2.57. The van der Waals surface area contributed by atoms with Crippen molar-refractivity contribution in [2.45, 2.75) is 0 Å². The molecule has 0 fully saturated rings. The van der Waals surface area contributed by atoms with Gasteiger partial charge < -0.3 is 15.0 Å². The van der Waals surface area contributed by atoms with Crippen LogP contribution in [0.1, 0.15) is 15.9 Å². The number of methoxy groups -OCH3 is 1. The molecule has 5 heteroatoms. The number of nitrogens with zero attached hydrogens (tertiary/aromatic N) is 1. The van der Waals surface area contributed by atoms with Gasteiger partial charge in [0.2, 0.25) is 5.91 Å². The number of rotatable bonds is 6. The second kappa shape index (κ2) is 8.12. The van der Waals surface area contributed by atoms with Crippen LogP contribution in [0.3, 0.4) is 0 Å². The van der Waals surface area contributed by atoms with E-state index in [1.165, 1.54) is 11.0 Å². The Morgan fingerprint density at radius 3 is 2.45 bits per heavy atom. The van der Waals surface area contributed by atoms with Crippen LogP contribution in [0.2, 0.25) is 0 Å². The summed E-state index contributed by atoms with van der Waals surface area (Å²) in [6.07, 6.45) is 3.16. The summed E-state index contributed by atoms with van der Waals surface area (Å²) in [6.45, 7) is 0.969. The summed E-state index contributed by atoms with van der Waals surface area (Å²) >= 11 is 0. The third-order valence-corrected chi connectivity index (χ3v) is 2.60.